The third-order valence-corrected chi connectivity index (χ3v) is 3.55. The average molecular weight is 264 g/mol. The molecule has 0 saturated carbocycles. The van der Waals surface area contributed by atoms with Crippen LogP contribution in [-0.4, -0.2) is 64.7 Å². The van der Waals surface area contributed by atoms with Crippen molar-refractivity contribution >= 4 is 11.9 Å². The average Bonchev–Trinajstić information content (AvgIpc) is 3.09. The number of fused-ring (bicyclic) bond motifs is 1. The fraction of sp³-hybridized carbons (Fsp3) is 0.583. The first-order valence-corrected chi connectivity index (χ1v) is 6.24. The van der Waals surface area contributed by atoms with Crippen LogP contribution in [-0.2, 0) is 22.6 Å². The Bertz CT molecular complexity index is 539. The van der Waals surface area contributed by atoms with Crippen molar-refractivity contribution in [3.63, 3.8) is 0 Å². The normalized spacial score (nSPS) is 22.0. The van der Waals surface area contributed by atoms with Crippen molar-refractivity contribution in [2.45, 2.75) is 19.1 Å². The Morgan fingerprint density at radius 3 is 2.95 bits per heavy atom. The summed E-state index contributed by atoms with van der Waals surface area (Å²) >= 11 is 0. The van der Waals surface area contributed by atoms with Gasteiger partial charge in [0.2, 0.25) is 0 Å². The number of rotatable bonds is 2. The Labute approximate surface area is 110 Å². The van der Waals surface area contributed by atoms with E-state index in [1.165, 1.54) is 12.0 Å². The summed E-state index contributed by atoms with van der Waals surface area (Å²) in [6.45, 7) is 2.94. The van der Waals surface area contributed by atoms with Gasteiger partial charge in [0.1, 0.15) is 6.04 Å². The van der Waals surface area contributed by atoms with Crippen molar-refractivity contribution in [2.75, 3.05) is 27.2 Å². The van der Waals surface area contributed by atoms with Crippen LogP contribution in [0, 0.1) is 0 Å². The van der Waals surface area contributed by atoms with E-state index in [9.17, 15) is 9.59 Å². The lowest BCUT2D eigenvalue weighted by molar-refractivity contribution is -0.140. The van der Waals surface area contributed by atoms with Gasteiger partial charge in [-0.15, -0.1) is 0 Å². The van der Waals surface area contributed by atoms with E-state index in [4.69, 9.17) is 0 Å². The fourth-order valence-corrected chi connectivity index (χ4v) is 2.35. The molecule has 1 saturated heterocycles. The lowest BCUT2D eigenvalue weighted by Crippen LogP contribution is -2.30. The first kappa shape index (κ1) is 12.2. The van der Waals surface area contributed by atoms with E-state index in [0.717, 1.165) is 25.3 Å². The first-order valence-electron chi connectivity index (χ1n) is 6.24. The lowest BCUT2D eigenvalue weighted by Gasteiger charge is -2.22. The van der Waals surface area contributed by atoms with Crippen LogP contribution in [0.4, 0.5) is 0 Å². The molecule has 1 unspecified atom stereocenters. The zero-order chi connectivity index (χ0) is 13.6. The maximum absolute atomic E-state index is 12.2. The number of likely N-dealkylation sites (N-methyl/N-ethyl adjacent to an activating group) is 1. The molecule has 0 bridgehead atoms. The molecule has 1 fully saturated rings. The van der Waals surface area contributed by atoms with Gasteiger partial charge in [-0.1, -0.05) is 0 Å². The van der Waals surface area contributed by atoms with E-state index in [1.807, 2.05) is 17.8 Å². The lowest BCUT2D eigenvalue weighted by atomic mass is 10.3. The molecule has 0 radical (unpaired) electrons. The van der Waals surface area contributed by atoms with Crippen LogP contribution < -0.4 is 0 Å². The quantitative estimate of drug-likeness (QED) is 0.523. The summed E-state index contributed by atoms with van der Waals surface area (Å²) < 4.78 is 6.49. The number of hydrogen-bond acceptors (Lipinski definition) is 5. The van der Waals surface area contributed by atoms with Gasteiger partial charge in [-0.25, -0.2) is 4.79 Å². The highest BCUT2D eigenvalue weighted by Crippen LogP contribution is 2.23. The van der Waals surface area contributed by atoms with E-state index >= 15 is 0 Å². The maximum Gasteiger partial charge on any atom is 0.330 e. The highest BCUT2D eigenvalue weighted by molar-refractivity contribution is 5.98. The van der Waals surface area contributed by atoms with Crippen LogP contribution in [0.5, 0.6) is 0 Å². The third kappa shape index (κ3) is 2.10. The Kier molecular flexibility index (Phi) is 2.78. The number of methoxy groups -OCH3 is 1. The second kappa shape index (κ2) is 4.34. The number of carbonyl (C=O) groups excluding carboxylic acids is 2. The van der Waals surface area contributed by atoms with Gasteiger partial charge in [0.15, 0.2) is 5.69 Å². The van der Waals surface area contributed by atoms with Crippen LogP contribution in [0.25, 0.3) is 0 Å². The smallest absolute Gasteiger partial charge is 0.330 e. The predicted molar refractivity (Wildman–Crippen MR) is 65.4 cm³/mol. The fourth-order valence-electron chi connectivity index (χ4n) is 2.35. The van der Waals surface area contributed by atoms with Crippen molar-refractivity contribution in [2.24, 2.45) is 0 Å². The van der Waals surface area contributed by atoms with E-state index < -0.39 is 6.04 Å². The number of aromatic nitrogens is 2. The zero-order valence-corrected chi connectivity index (χ0v) is 11.0. The Balaban J connectivity index is 1.74. The van der Waals surface area contributed by atoms with Gasteiger partial charge in [0, 0.05) is 13.1 Å². The van der Waals surface area contributed by atoms with Crippen LogP contribution in [0.2, 0.25) is 0 Å². The number of hydrogen-bond donors (Lipinski definition) is 0. The summed E-state index contributed by atoms with van der Waals surface area (Å²) in [5.41, 5.74) is 1.45. The highest BCUT2D eigenvalue weighted by atomic mass is 16.5. The van der Waals surface area contributed by atoms with Gasteiger partial charge in [-0.3, -0.25) is 14.4 Å². The number of nitrogens with zero attached hydrogens (tertiary/aromatic N) is 4. The molecule has 0 aliphatic carbocycles. The molecule has 3 heterocycles. The van der Waals surface area contributed by atoms with Gasteiger partial charge in [0.05, 0.1) is 25.9 Å². The van der Waals surface area contributed by atoms with Crippen molar-refractivity contribution in [1.82, 2.24) is 19.6 Å². The summed E-state index contributed by atoms with van der Waals surface area (Å²) in [7, 11) is 3.37. The minimum atomic E-state index is -0.432. The van der Waals surface area contributed by atoms with E-state index in [-0.39, 0.29) is 11.9 Å². The van der Waals surface area contributed by atoms with Crippen LogP contribution in [0.1, 0.15) is 16.2 Å². The summed E-state index contributed by atoms with van der Waals surface area (Å²) in [5.74, 6) is -0.558. The zero-order valence-electron chi connectivity index (χ0n) is 11.0. The predicted octanol–water partition coefficient (Wildman–Crippen LogP) is -0.674. The Morgan fingerprint density at radius 2 is 2.21 bits per heavy atom. The highest BCUT2D eigenvalue weighted by Gasteiger charge is 2.46. The molecule has 2 aliphatic heterocycles. The van der Waals surface area contributed by atoms with Crippen molar-refractivity contribution < 1.29 is 14.3 Å². The second-order valence-corrected chi connectivity index (χ2v) is 4.98. The number of ether oxygens (including phenoxy) is 1. The molecule has 3 rings (SSSR count). The molecule has 7 nitrogen and oxygen atoms in total. The molecule has 1 amide bonds. The minimum Gasteiger partial charge on any atom is -0.467 e. The summed E-state index contributed by atoms with van der Waals surface area (Å²) in [6.07, 6.45) is 0. The molecule has 1 aromatic heterocycles. The van der Waals surface area contributed by atoms with E-state index in [1.54, 1.807) is 0 Å². The van der Waals surface area contributed by atoms with Crippen LogP contribution in [0.3, 0.4) is 0 Å². The van der Waals surface area contributed by atoms with Gasteiger partial charge in [-0.05, 0) is 13.1 Å². The molecule has 19 heavy (non-hydrogen) atoms. The minimum absolute atomic E-state index is 0.194. The molecule has 0 N–H and O–H groups in total. The monoisotopic (exact) mass is 264 g/mol. The van der Waals surface area contributed by atoms with Crippen molar-refractivity contribution in [1.29, 1.82) is 0 Å². The van der Waals surface area contributed by atoms with Gasteiger partial charge >= 0.3 is 5.97 Å². The van der Waals surface area contributed by atoms with Crippen molar-refractivity contribution in [3.8, 4) is 0 Å². The molecule has 0 spiro atoms. The third-order valence-electron chi connectivity index (χ3n) is 3.55. The van der Waals surface area contributed by atoms with E-state index in [0.29, 0.717) is 12.2 Å². The molecule has 1 aromatic rings. The topological polar surface area (TPSA) is 67.4 Å². The number of esters is 1. The molecule has 1 atom stereocenters. The number of amides is 1. The maximum atomic E-state index is 12.2. The van der Waals surface area contributed by atoms with Gasteiger partial charge in [-0.2, -0.15) is 5.10 Å². The standard InChI is InChI=1S/C12H16N4O3/c1-14-3-4-16-8(6-14)5-9(13-16)11(17)15-7-10(15)12(18)19-2/h5,10H,3-4,6-7H2,1-2H3. The second-order valence-electron chi connectivity index (χ2n) is 4.98. The molecule has 2 aliphatic rings. The molecular formula is C12H16N4O3. The molecule has 7 heteroatoms. The molecule has 102 valence electrons. The van der Waals surface area contributed by atoms with Crippen LogP contribution in [0.15, 0.2) is 6.07 Å². The van der Waals surface area contributed by atoms with Crippen molar-refractivity contribution in [3.05, 3.63) is 17.5 Å². The van der Waals surface area contributed by atoms with Gasteiger partial charge < -0.3 is 9.64 Å². The SMILES string of the molecule is COC(=O)C1CN1C(=O)c1cc2n(n1)CCN(C)C2. The van der Waals surface area contributed by atoms with E-state index in [2.05, 4.69) is 14.7 Å². The Hall–Kier alpha value is -1.89. The first-order chi connectivity index (χ1) is 9.10. The summed E-state index contributed by atoms with van der Waals surface area (Å²) in [4.78, 5) is 27.1. The largest absolute Gasteiger partial charge is 0.467 e. The summed E-state index contributed by atoms with van der Waals surface area (Å²) in [6, 6.07) is 1.38. The van der Waals surface area contributed by atoms with Gasteiger partial charge in [0.25, 0.3) is 5.91 Å². The Morgan fingerprint density at radius 1 is 1.42 bits per heavy atom. The summed E-state index contributed by atoms with van der Waals surface area (Å²) in [5, 5.41) is 4.31. The molecular weight excluding hydrogens is 248 g/mol. The van der Waals surface area contributed by atoms with Crippen LogP contribution >= 0.6 is 0 Å². The molecule has 0 aromatic carbocycles. The number of carbonyl (C=O) groups is 2.